The Balaban J connectivity index is 2.29. The lowest BCUT2D eigenvalue weighted by molar-refractivity contribution is 0.272. The van der Waals surface area contributed by atoms with Crippen molar-refractivity contribution in [1.29, 1.82) is 0 Å². The van der Waals surface area contributed by atoms with Crippen molar-refractivity contribution in [2.45, 2.75) is 52.9 Å². The van der Waals surface area contributed by atoms with E-state index >= 15 is 0 Å². The molecule has 1 aliphatic carbocycles. The quantitative estimate of drug-likeness (QED) is 0.337. The lowest BCUT2D eigenvalue weighted by Gasteiger charge is -2.26. The van der Waals surface area contributed by atoms with Gasteiger partial charge in [-0.1, -0.05) is 26.2 Å². The van der Waals surface area contributed by atoms with Crippen LogP contribution in [0.4, 0.5) is 0 Å². The first-order chi connectivity index (χ1) is 11.0. The van der Waals surface area contributed by atoms with Gasteiger partial charge in [0.1, 0.15) is 0 Å². The first kappa shape index (κ1) is 20.2. The molecule has 0 saturated heterocycles. The predicted octanol–water partition coefficient (Wildman–Crippen LogP) is 1.70. The average molecular weight is 347 g/mol. The third-order valence-corrected chi connectivity index (χ3v) is 5.72. The lowest BCUT2D eigenvalue weighted by atomic mass is 9.81. The molecule has 0 heterocycles. The molecule has 1 aliphatic rings. The maximum Gasteiger partial charge on any atom is 0.211 e. The average Bonchev–Trinajstić information content (AvgIpc) is 2.51. The van der Waals surface area contributed by atoms with Crippen LogP contribution in [0.15, 0.2) is 4.99 Å². The summed E-state index contributed by atoms with van der Waals surface area (Å²) in [4.78, 5) is 4.60. The van der Waals surface area contributed by atoms with Crippen LogP contribution < -0.4 is 15.4 Å². The fraction of sp³-hybridized carbons (Fsp3) is 0.938. The van der Waals surface area contributed by atoms with Gasteiger partial charge in [0.25, 0.3) is 0 Å². The van der Waals surface area contributed by atoms with Crippen LogP contribution in [0.5, 0.6) is 0 Å². The van der Waals surface area contributed by atoms with Crippen LogP contribution in [0.1, 0.15) is 52.9 Å². The standard InChI is InChI=1S/C16H34N4O2S/c1-4-17-16(19-11-12-20-23(21,22)5-2)18-10-9-15-8-6-7-14(3)13-15/h14-15,20H,4-13H2,1-3H3,(H2,17,18,19). The van der Waals surface area contributed by atoms with Crippen molar-refractivity contribution in [2.24, 2.45) is 16.8 Å². The highest BCUT2D eigenvalue weighted by molar-refractivity contribution is 7.89. The summed E-state index contributed by atoms with van der Waals surface area (Å²) in [6.07, 6.45) is 6.54. The van der Waals surface area contributed by atoms with E-state index in [2.05, 4.69) is 27.3 Å². The fourth-order valence-electron chi connectivity index (χ4n) is 3.01. The summed E-state index contributed by atoms with van der Waals surface area (Å²) in [5, 5.41) is 6.38. The Labute approximate surface area is 142 Å². The molecule has 2 unspecified atom stereocenters. The van der Waals surface area contributed by atoms with Gasteiger partial charge < -0.3 is 10.6 Å². The van der Waals surface area contributed by atoms with Crippen molar-refractivity contribution in [3.05, 3.63) is 0 Å². The molecule has 136 valence electrons. The van der Waals surface area contributed by atoms with Crippen LogP contribution in [0, 0.1) is 11.8 Å². The third kappa shape index (κ3) is 9.15. The Bertz CT molecular complexity index is 451. The highest BCUT2D eigenvalue weighted by Crippen LogP contribution is 2.30. The van der Waals surface area contributed by atoms with E-state index in [1.54, 1.807) is 6.92 Å². The molecule has 0 bridgehead atoms. The zero-order valence-corrected chi connectivity index (χ0v) is 15.7. The monoisotopic (exact) mass is 346 g/mol. The maximum absolute atomic E-state index is 11.4. The van der Waals surface area contributed by atoms with Crippen LogP contribution in [0.25, 0.3) is 0 Å². The zero-order chi connectivity index (χ0) is 17.1. The summed E-state index contributed by atoms with van der Waals surface area (Å²) >= 11 is 0. The minimum atomic E-state index is -3.12. The topological polar surface area (TPSA) is 82.6 Å². The third-order valence-electron chi connectivity index (χ3n) is 4.32. The molecular formula is C16H34N4O2S. The van der Waals surface area contributed by atoms with Crippen LogP contribution in [0.3, 0.4) is 0 Å². The second kappa shape index (κ2) is 10.9. The van der Waals surface area contributed by atoms with Gasteiger partial charge in [-0.25, -0.2) is 13.1 Å². The Morgan fingerprint density at radius 2 is 1.96 bits per heavy atom. The van der Waals surface area contributed by atoms with Crippen molar-refractivity contribution in [3.63, 3.8) is 0 Å². The van der Waals surface area contributed by atoms with E-state index in [1.165, 1.54) is 25.7 Å². The number of nitrogens with one attached hydrogen (secondary N) is 3. The predicted molar refractivity (Wildman–Crippen MR) is 97.2 cm³/mol. The minimum absolute atomic E-state index is 0.112. The second-order valence-corrected chi connectivity index (χ2v) is 8.51. The Hall–Kier alpha value is -0.820. The molecule has 1 fully saturated rings. The number of nitrogens with zero attached hydrogens (tertiary/aromatic N) is 1. The van der Waals surface area contributed by atoms with Gasteiger partial charge in [0.15, 0.2) is 5.96 Å². The SMILES string of the molecule is CCNC(=NCCC1CCCC(C)C1)NCCNS(=O)(=O)CC. The van der Waals surface area contributed by atoms with E-state index in [9.17, 15) is 8.42 Å². The number of guanidine groups is 1. The molecule has 0 aromatic rings. The smallest absolute Gasteiger partial charge is 0.211 e. The number of hydrogen-bond acceptors (Lipinski definition) is 3. The van der Waals surface area contributed by atoms with E-state index < -0.39 is 10.0 Å². The van der Waals surface area contributed by atoms with E-state index in [4.69, 9.17) is 0 Å². The molecule has 2 atom stereocenters. The van der Waals surface area contributed by atoms with Crippen molar-refractivity contribution >= 4 is 16.0 Å². The van der Waals surface area contributed by atoms with Crippen molar-refractivity contribution in [2.75, 3.05) is 31.9 Å². The van der Waals surface area contributed by atoms with E-state index in [0.29, 0.717) is 13.1 Å². The highest BCUT2D eigenvalue weighted by atomic mass is 32.2. The van der Waals surface area contributed by atoms with Gasteiger partial charge in [-0.2, -0.15) is 0 Å². The van der Waals surface area contributed by atoms with Gasteiger partial charge in [-0.15, -0.1) is 0 Å². The van der Waals surface area contributed by atoms with E-state index in [-0.39, 0.29) is 5.75 Å². The van der Waals surface area contributed by atoms with Gasteiger partial charge >= 0.3 is 0 Å². The number of hydrogen-bond donors (Lipinski definition) is 3. The molecule has 3 N–H and O–H groups in total. The minimum Gasteiger partial charge on any atom is -0.357 e. The normalized spacial score (nSPS) is 22.8. The largest absolute Gasteiger partial charge is 0.357 e. The zero-order valence-electron chi connectivity index (χ0n) is 14.9. The summed E-state index contributed by atoms with van der Waals surface area (Å²) in [6, 6.07) is 0. The number of rotatable bonds is 9. The summed E-state index contributed by atoms with van der Waals surface area (Å²) in [5.41, 5.74) is 0. The first-order valence-electron chi connectivity index (χ1n) is 8.96. The molecule has 0 radical (unpaired) electrons. The number of sulfonamides is 1. The summed E-state index contributed by atoms with van der Waals surface area (Å²) in [5.74, 6) is 2.55. The first-order valence-corrected chi connectivity index (χ1v) is 10.6. The van der Waals surface area contributed by atoms with Gasteiger partial charge in [-0.3, -0.25) is 4.99 Å². The Kier molecular flexibility index (Phi) is 9.55. The molecule has 1 rings (SSSR count). The summed E-state index contributed by atoms with van der Waals surface area (Å²) in [7, 11) is -3.12. The van der Waals surface area contributed by atoms with E-state index in [1.807, 2.05) is 6.92 Å². The molecule has 0 aromatic heterocycles. The Morgan fingerprint density at radius 1 is 1.17 bits per heavy atom. The van der Waals surface area contributed by atoms with Crippen molar-refractivity contribution in [1.82, 2.24) is 15.4 Å². The molecule has 1 saturated carbocycles. The molecule has 0 amide bonds. The van der Waals surface area contributed by atoms with E-state index in [0.717, 1.165) is 37.3 Å². The van der Waals surface area contributed by atoms with Crippen molar-refractivity contribution < 1.29 is 8.42 Å². The summed E-state index contributed by atoms with van der Waals surface area (Å²) in [6.45, 7) is 8.54. The molecular weight excluding hydrogens is 312 g/mol. The lowest BCUT2D eigenvalue weighted by Crippen LogP contribution is -2.41. The van der Waals surface area contributed by atoms with Crippen LogP contribution in [0.2, 0.25) is 0 Å². The number of aliphatic imine (C=N–C) groups is 1. The van der Waals surface area contributed by atoms with Crippen LogP contribution in [-0.4, -0.2) is 46.3 Å². The van der Waals surface area contributed by atoms with Crippen LogP contribution in [-0.2, 0) is 10.0 Å². The fourth-order valence-corrected chi connectivity index (χ4v) is 3.63. The van der Waals surface area contributed by atoms with Crippen molar-refractivity contribution in [3.8, 4) is 0 Å². The molecule has 7 heteroatoms. The maximum atomic E-state index is 11.4. The van der Waals surface area contributed by atoms with Crippen LogP contribution >= 0.6 is 0 Å². The molecule has 23 heavy (non-hydrogen) atoms. The molecule has 0 aliphatic heterocycles. The van der Waals surface area contributed by atoms with Gasteiger partial charge in [0, 0.05) is 26.2 Å². The molecule has 6 nitrogen and oxygen atoms in total. The second-order valence-electron chi connectivity index (χ2n) is 6.41. The van der Waals surface area contributed by atoms with Gasteiger partial charge in [-0.05, 0) is 38.5 Å². The summed E-state index contributed by atoms with van der Waals surface area (Å²) < 4.78 is 25.3. The van der Waals surface area contributed by atoms with Gasteiger partial charge in [0.2, 0.25) is 10.0 Å². The molecule has 0 spiro atoms. The van der Waals surface area contributed by atoms with Gasteiger partial charge in [0.05, 0.1) is 5.75 Å². The highest BCUT2D eigenvalue weighted by Gasteiger charge is 2.18. The molecule has 0 aromatic carbocycles. The Morgan fingerprint density at radius 3 is 2.61 bits per heavy atom.